The van der Waals surface area contributed by atoms with Crippen molar-refractivity contribution in [1.29, 1.82) is 0 Å². The van der Waals surface area contributed by atoms with Crippen molar-refractivity contribution in [3.63, 3.8) is 0 Å². The Labute approximate surface area is 168 Å². The lowest BCUT2D eigenvalue weighted by molar-refractivity contribution is -0.384. The van der Waals surface area contributed by atoms with Gasteiger partial charge in [0, 0.05) is 12.6 Å². The van der Waals surface area contributed by atoms with E-state index in [4.69, 9.17) is 14.2 Å². The smallest absolute Gasteiger partial charge is 0.273 e. The van der Waals surface area contributed by atoms with Crippen molar-refractivity contribution in [3.05, 3.63) is 52.6 Å². The molecule has 0 fully saturated rings. The molecule has 0 spiro atoms. The van der Waals surface area contributed by atoms with Crippen molar-refractivity contribution in [2.75, 3.05) is 32.6 Å². The lowest BCUT2D eigenvalue weighted by Gasteiger charge is -2.31. The Morgan fingerprint density at radius 2 is 2.07 bits per heavy atom. The van der Waals surface area contributed by atoms with Gasteiger partial charge in [-0.3, -0.25) is 19.8 Å². The summed E-state index contributed by atoms with van der Waals surface area (Å²) in [6.45, 7) is 2.65. The maximum Gasteiger partial charge on any atom is 0.273 e. The van der Waals surface area contributed by atoms with E-state index >= 15 is 0 Å². The van der Waals surface area contributed by atoms with E-state index in [9.17, 15) is 14.9 Å². The van der Waals surface area contributed by atoms with Crippen LogP contribution in [0.3, 0.4) is 0 Å². The summed E-state index contributed by atoms with van der Waals surface area (Å²) in [5.41, 5.74) is 0.259. The molecule has 1 amide bonds. The van der Waals surface area contributed by atoms with Gasteiger partial charge in [0.05, 0.1) is 29.8 Å². The number of hydrogen-bond donors (Lipinski definition) is 1. The Hall–Kier alpha value is -3.33. The SMILES string of the molecule is COc1cc([N+](=O)[O-])ccc1NC(=O)[C@H](C)N(C)C[C@@H]1COc2ccccc2O1. The Kier molecular flexibility index (Phi) is 6.18. The Bertz CT molecular complexity index is 904. The average molecular weight is 401 g/mol. The molecule has 2 aromatic rings. The number of rotatable bonds is 7. The van der Waals surface area contributed by atoms with Gasteiger partial charge in [0.1, 0.15) is 18.5 Å². The first-order valence-electron chi connectivity index (χ1n) is 9.11. The van der Waals surface area contributed by atoms with Crippen molar-refractivity contribution in [1.82, 2.24) is 4.90 Å². The summed E-state index contributed by atoms with van der Waals surface area (Å²) >= 11 is 0. The monoisotopic (exact) mass is 401 g/mol. The number of carbonyl (C=O) groups excluding carboxylic acids is 1. The van der Waals surface area contributed by atoms with Crippen molar-refractivity contribution >= 4 is 17.3 Å². The van der Waals surface area contributed by atoms with E-state index in [1.807, 2.05) is 36.2 Å². The third-order valence-corrected chi connectivity index (χ3v) is 4.75. The minimum absolute atomic E-state index is 0.111. The first-order valence-corrected chi connectivity index (χ1v) is 9.11. The van der Waals surface area contributed by atoms with Crippen LogP contribution in [0.25, 0.3) is 0 Å². The minimum Gasteiger partial charge on any atom is -0.494 e. The van der Waals surface area contributed by atoms with Crippen LogP contribution in [0.2, 0.25) is 0 Å². The van der Waals surface area contributed by atoms with Crippen LogP contribution in [0, 0.1) is 10.1 Å². The summed E-state index contributed by atoms with van der Waals surface area (Å²) in [7, 11) is 3.21. The minimum atomic E-state index is -0.519. The number of nitro groups is 1. The lowest BCUT2D eigenvalue weighted by Crippen LogP contribution is -2.46. The molecule has 0 saturated heterocycles. The van der Waals surface area contributed by atoms with Gasteiger partial charge in [-0.1, -0.05) is 12.1 Å². The second-order valence-electron chi connectivity index (χ2n) is 6.74. The van der Waals surface area contributed by atoms with Crippen molar-refractivity contribution < 1.29 is 23.9 Å². The number of anilines is 1. The number of likely N-dealkylation sites (N-methyl/N-ethyl adjacent to an activating group) is 1. The van der Waals surface area contributed by atoms with Crippen LogP contribution in [0.1, 0.15) is 6.92 Å². The van der Waals surface area contributed by atoms with Crippen molar-refractivity contribution in [2.45, 2.75) is 19.1 Å². The number of para-hydroxylation sites is 2. The fourth-order valence-electron chi connectivity index (χ4n) is 2.97. The zero-order valence-electron chi connectivity index (χ0n) is 16.5. The number of fused-ring (bicyclic) bond motifs is 1. The first kappa shape index (κ1) is 20.4. The number of ether oxygens (including phenoxy) is 3. The van der Waals surface area contributed by atoms with E-state index in [0.29, 0.717) is 30.3 Å². The highest BCUT2D eigenvalue weighted by atomic mass is 16.6. The number of hydrogen-bond acceptors (Lipinski definition) is 7. The Balaban J connectivity index is 1.61. The van der Waals surface area contributed by atoms with Crippen LogP contribution in [0.4, 0.5) is 11.4 Å². The number of non-ortho nitro benzene ring substituents is 1. The molecule has 2 atom stereocenters. The van der Waals surface area contributed by atoms with Gasteiger partial charge in [-0.2, -0.15) is 0 Å². The van der Waals surface area contributed by atoms with Crippen LogP contribution < -0.4 is 19.5 Å². The van der Waals surface area contributed by atoms with Gasteiger partial charge in [0.15, 0.2) is 11.5 Å². The van der Waals surface area contributed by atoms with E-state index in [1.165, 1.54) is 25.3 Å². The molecule has 0 saturated carbocycles. The highest BCUT2D eigenvalue weighted by molar-refractivity contribution is 5.96. The number of amides is 1. The molecule has 1 aliphatic heterocycles. The van der Waals surface area contributed by atoms with Crippen LogP contribution in [0.5, 0.6) is 17.2 Å². The molecule has 0 unspecified atom stereocenters. The molecule has 1 heterocycles. The van der Waals surface area contributed by atoms with Gasteiger partial charge in [0.25, 0.3) is 5.69 Å². The molecule has 0 aromatic heterocycles. The Morgan fingerprint density at radius 1 is 1.34 bits per heavy atom. The molecule has 2 aromatic carbocycles. The van der Waals surface area contributed by atoms with E-state index in [-0.39, 0.29) is 23.4 Å². The van der Waals surface area contributed by atoms with E-state index in [2.05, 4.69) is 5.32 Å². The maximum atomic E-state index is 12.7. The van der Waals surface area contributed by atoms with Gasteiger partial charge in [-0.05, 0) is 32.2 Å². The normalized spacial score (nSPS) is 16.2. The van der Waals surface area contributed by atoms with Crippen molar-refractivity contribution in [3.8, 4) is 17.2 Å². The van der Waals surface area contributed by atoms with E-state index < -0.39 is 11.0 Å². The summed E-state index contributed by atoms with van der Waals surface area (Å²) < 4.78 is 16.8. The lowest BCUT2D eigenvalue weighted by atomic mass is 10.2. The number of nitrogens with one attached hydrogen (secondary N) is 1. The topological polar surface area (TPSA) is 103 Å². The van der Waals surface area contributed by atoms with Gasteiger partial charge in [-0.15, -0.1) is 0 Å². The fourth-order valence-corrected chi connectivity index (χ4v) is 2.97. The molecule has 1 N–H and O–H groups in total. The molecule has 9 heteroatoms. The predicted octanol–water partition coefficient (Wildman–Crippen LogP) is 2.70. The fraction of sp³-hybridized carbons (Fsp3) is 0.350. The molecular formula is C20H23N3O6. The number of nitro benzene ring substituents is 1. The number of nitrogens with zero attached hydrogens (tertiary/aromatic N) is 2. The molecule has 154 valence electrons. The third-order valence-electron chi connectivity index (χ3n) is 4.75. The van der Waals surface area contributed by atoms with Gasteiger partial charge in [-0.25, -0.2) is 0 Å². The Morgan fingerprint density at radius 3 is 2.76 bits per heavy atom. The van der Waals surface area contributed by atoms with Gasteiger partial charge < -0.3 is 19.5 Å². The molecule has 29 heavy (non-hydrogen) atoms. The average Bonchev–Trinajstić information content (AvgIpc) is 2.73. The highest BCUT2D eigenvalue weighted by Crippen LogP contribution is 2.31. The standard InChI is InChI=1S/C20H23N3O6/c1-13(20(24)21-16-9-8-14(23(25)26)10-19(16)27-3)22(2)11-15-12-28-17-6-4-5-7-18(17)29-15/h4-10,13,15H,11-12H2,1-3H3,(H,21,24)/t13-,15+/m0/s1. The maximum absolute atomic E-state index is 12.7. The van der Waals surface area contributed by atoms with Crippen LogP contribution >= 0.6 is 0 Å². The molecular weight excluding hydrogens is 378 g/mol. The highest BCUT2D eigenvalue weighted by Gasteiger charge is 2.26. The summed E-state index contributed by atoms with van der Waals surface area (Å²) in [4.78, 5) is 24.9. The summed E-state index contributed by atoms with van der Waals surface area (Å²) in [5, 5.41) is 13.7. The van der Waals surface area contributed by atoms with Crippen LogP contribution in [-0.4, -0.2) is 55.2 Å². The number of carbonyl (C=O) groups is 1. The van der Waals surface area contributed by atoms with Gasteiger partial charge >= 0.3 is 0 Å². The van der Waals surface area contributed by atoms with Crippen LogP contribution in [0.15, 0.2) is 42.5 Å². The molecule has 3 rings (SSSR count). The van der Waals surface area contributed by atoms with Crippen molar-refractivity contribution in [2.24, 2.45) is 0 Å². The molecule has 0 radical (unpaired) electrons. The summed E-state index contributed by atoms with van der Waals surface area (Å²) in [6, 6.07) is 11.0. The number of benzene rings is 2. The second-order valence-corrected chi connectivity index (χ2v) is 6.74. The largest absolute Gasteiger partial charge is 0.494 e. The van der Waals surface area contributed by atoms with Gasteiger partial charge in [0.2, 0.25) is 5.91 Å². The summed E-state index contributed by atoms with van der Waals surface area (Å²) in [6.07, 6.45) is -0.209. The first-order chi connectivity index (χ1) is 13.9. The molecule has 0 bridgehead atoms. The zero-order valence-corrected chi connectivity index (χ0v) is 16.5. The molecule has 0 aliphatic carbocycles. The quantitative estimate of drug-likeness (QED) is 0.562. The third kappa shape index (κ3) is 4.75. The van der Waals surface area contributed by atoms with Crippen LogP contribution in [-0.2, 0) is 4.79 Å². The van der Waals surface area contributed by atoms with E-state index in [0.717, 1.165) is 0 Å². The van der Waals surface area contributed by atoms with E-state index in [1.54, 1.807) is 6.92 Å². The molecule has 9 nitrogen and oxygen atoms in total. The number of methoxy groups -OCH3 is 1. The molecule has 1 aliphatic rings. The second kappa shape index (κ2) is 8.78. The zero-order chi connectivity index (χ0) is 21.0. The predicted molar refractivity (Wildman–Crippen MR) is 107 cm³/mol. The summed E-state index contributed by atoms with van der Waals surface area (Å²) in [5.74, 6) is 1.35.